The van der Waals surface area contributed by atoms with Crippen molar-refractivity contribution in [3.8, 4) is 0 Å². The Morgan fingerprint density at radius 3 is 2.62 bits per heavy atom. The molecule has 4 nitrogen and oxygen atoms in total. The average Bonchev–Trinajstić information content (AvgIpc) is 3.43. The Morgan fingerprint density at radius 2 is 1.86 bits per heavy atom. The van der Waals surface area contributed by atoms with Gasteiger partial charge >= 0.3 is 0 Å². The summed E-state index contributed by atoms with van der Waals surface area (Å²) in [6.07, 6.45) is 9.56. The van der Waals surface area contributed by atoms with Crippen LogP contribution in [-0.2, 0) is 6.54 Å². The number of nitrogens with one attached hydrogen (secondary N) is 1. The lowest BCUT2D eigenvalue weighted by atomic mass is 10.1. The first-order valence-corrected chi connectivity index (χ1v) is 12.0. The standard InChI is InChI=1S/C24H34N4S/c1-17-4-6-20(7-5-17)15-25-21-10-11-22(14-21)28(3)23-18(2)24(27-16-26-23)29-13-12-19-8-9-19/h4-7,16,19,21-22,25H,8-15H2,1-3H3. The van der Waals surface area contributed by atoms with E-state index in [0.717, 1.165) is 23.3 Å². The Hall–Kier alpha value is -1.59. The van der Waals surface area contributed by atoms with E-state index in [1.54, 1.807) is 6.33 Å². The minimum Gasteiger partial charge on any atom is -0.356 e. The first-order valence-electron chi connectivity index (χ1n) is 11.1. The Kier molecular flexibility index (Phi) is 6.76. The van der Waals surface area contributed by atoms with Gasteiger partial charge in [0.15, 0.2) is 0 Å². The van der Waals surface area contributed by atoms with Gasteiger partial charge in [-0.1, -0.05) is 42.7 Å². The molecule has 0 radical (unpaired) electrons. The van der Waals surface area contributed by atoms with E-state index in [1.807, 2.05) is 11.8 Å². The van der Waals surface area contributed by atoms with Crippen molar-refractivity contribution < 1.29 is 0 Å². The van der Waals surface area contributed by atoms with Crippen molar-refractivity contribution >= 4 is 17.6 Å². The van der Waals surface area contributed by atoms with Crippen LogP contribution in [0.3, 0.4) is 0 Å². The first-order chi connectivity index (χ1) is 14.1. The molecule has 1 aromatic carbocycles. The number of hydrogen-bond acceptors (Lipinski definition) is 5. The molecule has 0 bridgehead atoms. The van der Waals surface area contributed by atoms with E-state index in [2.05, 4.69) is 65.3 Å². The highest BCUT2D eigenvalue weighted by Crippen LogP contribution is 2.36. The molecule has 1 aromatic heterocycles. The fourth-order valence-corrected chi connectivity index (χ4v) is 5.37. The van der Waals surface area contributed by atoms with Crippen molar-refractivity contribution in [2.24, 2.45) is 5.92 Å². The highest BCUT2D eigenvalue weighted by atomic mass is 32.2. The van der Waals surface area contributed by atoms with E-state index in [0.29, 0.717) is 12.1 Å². The predicted octanol–water partition coefficient (Wildman–Crippen LogP) is 5.13. The quantitative estimate of drug-likeness (QED) is 0.458. The second-order valence-corrected chi connectivity index (χ2v) is 9.93. The number of thioether (sulfide) groups is 1. The third-order valence-corrected chi connectivity index (χ3v) is 7.60. The minimum atomic E-state index is 0.545. The fraction of sp³-hybridized carbons (Fsp3) is 0.583. The molecule has 156 valence electrons. The van der Waals surface area contributed by atoms with Crippen LogP contribution in [0.15, 0.2) is 35.6 Å². The van der Waals surface area contributed by atoms with Crippen molar-refractivity contribution in [1.29, 1.82) is 0 Å². The van der Waals surface area contributed by atoms with E-state index in [4.69, 9.17) is 0 Å². The van der Waals surface area contributed by atoms with Crippen LogP contribution in [0.2, 0.25) is 0 Å². The molecule has 5 heteroatoms. The van der Waals surface area contributed by atoms with Gasteiger partial charge in [0, 0.05) is 31.2 Å². The van der Waals surface area contributed by atoms with Crippen LogP contribution in [0, 0.1) is 19.8 Å². The number of hydrogen-bond donors (Lipinski definition) is 1. The number of anilines is 1. The summed E-state index contributed by atoms with van der Waals surface area (Å²) in [6.45, 7) is 5.28. The number of nitrogens with zero attached hydrogens (tertiary/aromatic N) is 3. The maximum Gasteiger partial charge on any atom is 0.136 e. The summed E-state index contributed by atoms with van der Waals surface area (Å²) < 4.78 is 0. The summed E-state index contributed by atoms with van der Waals surface area (Å²) >= 11 is 1.91. The second kappa shape index (κ2) is 9.48. The number of benzene rings is 1. The van der Waals surface area contributed by atoms with Gasteiger partial charge < -0.3 is 10.2 Å². The highest BCUT2D eigenvalue weighted by molar-refractivity contribution is 7.99. The summed E-state index contributed by atoms with van der Waals surface area (Å²) in [5, 5.41) is 4.92. The van der Waals surface area contributed by atoms with Crippen LogP contribution in [-0.4, -0.2) is 34.9 Å². The molecule has 2 unspecified atom stereocenters. The summed E-state index contributed by atoms with van der Waals surface area (Å²) in [7, 11) is 2.21. The molecule has 2 aromatic rings. The van der Waals surface area contributed by atoms with Crippen molar-refractivity contribution in [2.45, 2.75) is 76.0 Å². The molecule has 2 atom stereocenters. The molecule has 0 amide bonds. The van der Waals surface area contributed by atoms with E-state index in [1.165, 1.54) is 61.0 Å². The van der Waals surface area contributed by atoms with Gasteiger partial charge in [-0.15, -0.1) is 11.8 Å². The monoisotopic (exact) mass is 410 g/mol. The van der Waals surface area contributed by atoms with Gasteiger partial charge in [-0.2, -0.15) is 0 Å². The van der Waals surface area contributed by atoms with Crippen LogP contribution >= 0.6 is 11.8 Å². The molecule has 2 aliphatic rings. The van der Waals surface area contributed by atoms with E-state index in [9.17, 15) is 0 Å². The lowest BCUT2D eigenvalue weighted by molar-refractivity contribution is 0.512. The van der Waals surface area contributed by atoms with Gasteiger partial charge in [-0.25, -0.2) is 9.97 Å². The Bertz CT molecular complexity index is 803. The largest absolute Gasteiger partial charge is 0.356 e. The Labute approximate surface area is 179 Å². The maximum atomic E-state index is 4.65. The number of rotatable bonds is 9. The van der Waals surface area contributed by atoms with E-state index >= 15 is 0 Å². The molecular weight excluding hydrogens is 376 g/mol. The molecule has 1 N–H and O–H groups in total. The smallest absolute Gasteiger partial charge is 0.136 e. The number of aromatic nitrogens is 2. The number of aryl methyl sites for hydroxylation is 1. The zero-order valence-electron chi connectivity index (χ0n) is 18.0. The van der Waals surface area contributed by atoms with Crippen LogP contribution in [0.1, 0.15) is 55.2 Å². The molecular formula is C24H34N4S. The van der Waals surface area contributed by atoms with Crippen LogP contribution in [0.4, 0.5) is 5.82 Å². The zero-order chi connectivity index (χ0) is 20.2. The summed E-state index contributed by atoms with van der Waals surface area (Å²) in [5.41, 5.74) is 3.93. The average molecular weight is 411 g/mol. The summed E-state index contributed by atoms with van der Waals surface area (Å²) in [5.74, 6) is 3.27. The first kappa shape index (κ1) is 20.7. The van der Waals surface area contributed by atoms with Crippen molar-refractivity contribution in [2.75, 3.05) is 17.7 Å². The minimum absolute atomic E-state index is 0.545. The van der Waals surface area contributed by atoms with E-state index < -0.39 is 0 Å². The second-order valence-electron chi connectivity index (χ2n) is 8.85. The third-order valence-electron chi connectivity index (χ3n) is 6.48. The van der Waals surface area contributed by atoms with Gasteiger partial charge in [-0.05, 0) is 56.8 Å². The third kappa shape index (κ3) is 5.52. The molecule has 2 fully saturated rings. The van der Waals surface area contributed by atoms with Gasteiger partial charge in [0.25, 0.3) is 0 Å². The highest BCUT2D eigenvalue weighted by Gasteiger charge is 2.29. The Morgan fingerprint density at radius 1 is 1.07 bits per heavy atom. The molecule has 4 rings (SSSR count). The van der Waals surface area contributed by atoms with Crippen LogP contribution < -0.4 is 10.2 Å². The zero-order valence-corrected chi connectivity index (χ0v) is 18.8. The normalized spacial score (nSPS) is 21.5. The lowest BCUT2D eigenvalue weighted by Crippen LogP contribution is -2.33. The molecule has 0 saturated heterocycles. The van der Waals surface area contributed by atoms with Gasteiger partial charge in [0.1, 0.15) is 17.2 Å². The van der Waals surface area contributed by atoms with Crippen molar-refractivity contribution in [1.82, 2.24) is 15.3 Å². The predicted molar refractivity (Wildman–Crippen MR) is 123 cm³/mol. The van der Waals surface area contributed by atoms with Crippen molar-refractivity contribution in [3.05, 3.63) is 47.3 Å². The molecule has 29 heavy (non-hydrogen) atoms. The lowest BCUT2D eigenvalue weighted by Gasteiger charge is -2.27. The topological polar surface area (TPSA) is 41.0 Å². The molecule has 0 spiro atoms. The van der Waals surface area contributed by atoms with Crippen LogP contribution in [0.25, 0.3) is 0 Å². The maximum absolute atomic E-state index is 4.65. The molecule has 2 saturated carbocycles. The van der Waals surface area contributed by atoms with Crippen molar-refractivity contribution in [3.63, 3.8) is 0 Å². The van der Waals surface area contributed by atoms with Gasteiger partial charge in [0.2, 0.25) is 0 Å². The summed E-state index contributed by atoms with van der Waals surface area (Å²) in [6, 6.07) is 9.98. The fourth-order valence-electron chi connectivity index (χ4n) is 4.29. The van der Waals surface area contributed by atoms with E-state index in [-0.39, 0.29) is 0 Å². The SMILES string of the molecule is Cc1ccc(CNC2CCC(N(C)c3ncnc(SCCC4CC4)c3C)C2)cc1. The van der Waals surface area contributed by atoms with Gasteiger partial charge in [0.05, 0.1) is 0 Å². The Balaban J connectivity index is 1.31. The molecule has 2 aliphatic carbocycles. The van der Waals surface area contributed by atoms with Gasteiger partial charge in [-0.3, -0.25) is 0 Å². The summed E-state index contributed by atoms with van der Waals surface area (Å²) in [4.78, 5) is 11.6. The molecule has 0 aliphatic heterocycles. The van der Waals surface area contributed by atoms with Crippen LogP contribution in [0.5, 0.6) is 0 Å². The molecule has 1 heterocycles.